The van der Waals surface area contributed by atoms with Crippen molar-refractivity contribution in [1.29, 1.82) is 0 Å². The standard InChI is InChI=1S/C22H34N4O4/c1-16(2)14-19(21(23)28)25-22(29)18(9-8-17-6-4-3-5-7-17)24-20(27)15-26-10-12-30-13-11-26/h3-7,16,18-19H,8-15H2,1-2H3,(H2,23,28)(H,24,27)(H,25,29). The normalized spacial score (nSPS) is 16.6. The van der Waals surface area contributed by atoms with Crippen molar-refractivity contribution in [2.45, 2.75) is 45.2 Å². The molecule has 0 spiro atoms. The molecule has 30 heavy (non-hydrogen) atoms. The molecule has 3 amide bonds. The molecule has 1 aliphatic rings. The number of amides is 3. The van der Waals surface area contributed by atoms with Crippen molar-refractivity contribution in [2.75, 3.05) is 32.8 Å². The van der Waals surface area contributed by atoms with Crippen LogP contribution in [0.25, 0.3) is 0 Å². The van der Waals surface area contributed by atoms with E-state index in [1.807, 2.05) is 49.1 Å². The third-order valence-electron chi connectivity index (χ3n) is 5.05. The Hall–Kier alpha value is -2.45. The second-order valence-corrected chi connectivity index (χ2v) is 8.13. The van der Waals surface area contributed by atoms with Gasteiger partial charge in [0.2, 0.25) is 17.7 Å². The molecule has 1 aromatic rings. The molecular weight excluding hydrogens is 384 g/mol. The van der Waals surface area contributed by atoms with E-state index in [0.717, 1.165) is 5.56 Å². The topological polar surface area (TPSA) is 114 Å². The van der Waals surface area contributed by atoms with Crippen molar-refractivity contribution in [3.05, 3.63) is 35.9 Å². The molecule has 0 aromatic heterocycles. The van der Waals surface area contributed by atoms with Gasteiger partial charge in [-0.1, -0.05) is 44.2 Å². The average Bonchev–Trinajstić information content (AvgIpc) is 2.71. The second kappa shape index (κ2) is 12.3. The van der Waals surface area contributed by atoms with E-state index in [1.165, 1.54) is 0 Å². The zero-order valence-corrected chi connectivity index (χ0v) is 17.9. The lowest BCUT2D eigenvalue weighted by atomic mass is 10.0. The number of benzene rings is 1. The number of morpholine rings is 1. The first-order valence-corrected chi connectivity index (χ1v) is 10.6. The minimum absolute atomic E-state index is 0.196. The second-order valence-electron chi connectivity index (χ2n) is 8.13. The van der Waals surface area contributed by atoms with Crippen LogP contribution in [0.15, 0.2) is 30.3 Å². The SMILES string of the molecule is CC(C)CC(NC(=O)C(CCc1ccccc1)NC(=O)CN1CCOCC1)C(N)=O. The van der Waals surface area contributed by atoms with Crippen LogP contribution >= 0.6 is 0 Å². The number of rotatable bonds is 11. The summed E-state index contributed by atoms with van der Waals surface area (Å²) in [7, 11) is 0. The van der Waals surface area contributed by atoms with Crippen molar-refractivity contribution in [3.8, 4) is 0 Å². The Morgan fingerprint density at radius 1 is 1.07 bits per heavy atom. The van der Waals surface area contributed by atoms with Crippen molar-refractivity contribution in [1.82, 2.24) is 15.5 Å². The van der Waals surface area contributed by atoms with Gasteiger partial charge >= 0.3 is 0 Å². The molecule has 0 saturated carbocycles. The van der Waals surface area contributed by atoms with Gasteiger partial charge in [-0.3, -0.25) is 19.3 Å². The third-order valence-corrected chi connectivity index (χ3v) is 5.05. The molecular formula is C22H34N4O4. The highest BCUT2D eigenvalue weighted by molar-refractivity contribution is 5.91. The number of primary amides is 1. The lowest BCUT2D eigenvalue weighted by Crippen LogP contribution is -2.54. The minimum atomic E-state index is -0.757. The fourth-order valence-corrected chi connectivity index (χ4v) is 3.42. The summed E-state index contributed by atoms with van der Waals surface area (Å²) in [6.07, 6.45) is 1.51. The molecule has 8 heteroatoms. The Bertz CT molecular complexity index is 690. The van der Waals surface area contributed by atoms with Crippen molar-refractivity contribution in [2.24, 2.45) is 11.7 Å². The van der Waals surface area contributed by atoms with Crippen LogP contribution in [0.3, 0.4) is 0 Å². The van der Waals surface area contributed by atoms with Gasteiger partial charge < -0.3 is 21.1 Å². The van der Waals surface area contributed by atoms with Crippen LogP contribution in [-0.2, 0) is 25.5 Å². The first kappa shape index (κ1) is 23.8. The van der Waals surface area contributed by atoms with Gasteiger partial charge in [-0.15, -0.1) is 0 Å². The van der Waals surface area contributed by atoms with E-state index in [9.17, 15) is 14.4 Å². The number of nitrogens with two attached hydrogens (primary N) is 1. The average molecular weight is 419 g/mol. The van der Waals surface area contributed by atoms with Gasteiger partial charge in [0, 0.05) is 13.1 Å². The molecule has 2 atom stereocenters. The van der Waals surface area contributed by atoms with Crippen LogP contribution in [0.2, 0.25) is 0 Å². The van der Waals surface area contributed by atoms with Gasteiger partial charge in [0.25, 0.3) is 0 Å². The Kier molecular flexibility index (Phi) is 9.76. The van der Waals surface area contributed by atoms with Gasteiger partial charge in [-0.25, -0.2) is 0 Å². The molecule has 166 valence electrons. The van der Waals surface area contributed by atoms with Gasteiger partial charge in [-0.2, -0.15) is 0 Å². The number of aryl methyl sites for hydroxylation is 1. The zero-order valence-electron chi connectivity index (χ0n) is 17.9. The number of nitrogens with zero attached hydrogens (tertiary/aromatic N) is 1. The largest absolute Gasteiger partial charge is 0.379 e. The molecule has 1 heterocycles. The Labute approximate surface area is 178 Å². The van der Waals surface area contributed by atoms with Gasteiger partial charge in [0.1, 0.15) is 12.1 Å². The highest BCUT2D eigenvalue weighted by Crippen LogP contribution is 2.08. The maximum Gasteiger partial charge on any atom is 0.243 e. The molecule has 0 radical (unpaired) electrons. The maximum absolute atomic E-state index is 12.9. The van der Waals surface area contributed by atoms with Crippen LogP contribution in [0.4, 0.5) is 0 Å². The quantitative estimate of drug-likeness (QED) is 0.483. The Balaban J connectivity index is 2.01. The van der Waals surface area contributed by atoms with E-state index >= 15 is 0 Å². The lowest BCUT2D eigenvalue weighted by molar-refractivity contribution is -0.132. The van der Waals surface area contributed by atoms with Crippen molar-refractivity contribution < 1.29 is 19.1 Å². The maximum atomic E-state index is 12.9. The molecule has 8 nitrogen and oxygen atoms in total. The summed E-state index contributed by atoms with van der Waals surface area (Å²) < 4.78 is 5.30. The van der Waals surface area contributed by atoms with Gasteiger partial charge in [-0.05, 0) is 30.7 Å². The molecule has 1 fully saturated rings. The Morgan fingerprint density at radius 2 is 1.73 bits per heavy atom. The van der Waals surface area contributed by atoms with Crippen LogP contribution < -0.4 is 16.4 Å². The third kappa shape index (κ3) is 8.51. The first-order valence-electron chi connectivity index (χ1n) is 10.6. The van der Waals surface area contributed by atoms with E-state index in [0.29, 0.717) is 45.6 Å². The van der Waals surface area contributed by atoms with Gasteiger partial charge in [0.05, 0.1) is 19.8 Å². The van der Waals surface area contributed by atoms with E-state index in [2.05, 4.69) is 10.6 Å². The predicted octanol–water partition coefficient (Wildman–Crippen LogP) is 0.452. The summed E-state index contributed by atoms with van der Waals surface area (Å²) in [4.78, 5) is 39.2. The molecule has 1 aromatic carbocycles. The predicted molar refractivity (Wildman–Crippen MR) is 115 cm³/mol. The molecule has 4 N–H and O–H groups in total. The fourth-order valence-electron chi connectivity index (χ4n) is 3.42. The first-order chi connectivity index (χ1) is 14.3. The van der Waals surface area contributed by atoms with E-state index in [4.69, 9.17) is 10.5 Å². The van der Waals surface area contributed by atoms with E-state index in [1.54, 1.807) is 0 Å². The lowest BCUT2D eigenvalue weighted by Gasteiger charge is -2.27. The van der Waals surface area contributed by atoms with Crippen LogP contribution in [0, 0.1) is 5.92 Å². The number of hydrogen-bond donors (Lipinski definition) is 3. The number of ether oxygens (including phenoxy) is 1. The number of nitrogens with one attached hydrogen (secondary N) is 2. The summed E-state index contributed by atoms with van der Waals surface area (Å²) in [6, 6.07) is 8.27. The summed E-state index contributed by atoms with van der Waals surface area (Å²) in [6.45, 7) is 6.70. The fraction of sp³-hybridized carbons (Fsp3) is 0.591. The van der Waals surface area contributed by atoms with E-state index < -0.39 is 18.0 Å². The van der Waals surface area contributed by atoms with Crippen molar-refractivity contribution in [3.63, 3.8) is 0 Å². The Morgan fingerprint density at radius 3 is 2.33 bits per heavy atom. The molecule has 2 rings (SSSR count). The summed E-state index contributed by atoms with van der Waals surface area (Å²) in [5.41, 5.74) is 6.54. The summed E-state index contributed by atoms with van der Waals surface area (Å²) >= 11 is 0. The molecule has 0 aliphatic carbocycles. The monoisotopic (exact) mass is 418 g/mol. The number of carbonyl (C=O) groups excluding carboxylic acids is 3. The van der Waals surface area contributed by atoms with Crippen molar-refractivity contribution >= 4 is 17.7 Å². The molecule has 1 aliphatic heterocycles. The molecule has 1 saturated heterocycles. The summed E-state index contributed by atoms with van der Waals surface area (Å²) in [5.74, 6) is -0.977. The highest BCUT2D eigenvalue weighted by atomic mass is 16.5. The minimum Gasteiger partial charge on any atom is -0.379 e. The highest BCUT2D eigenvalue weighted by Gasteiger charge is 2.26. The zero-order chi connectivity index (χ0) is 21.9. The van der Waals surface area contributed by atoms with Crippen LogP contribution in [0.5, 0.6) is 0 Å². The summed E-state index contributed by atoms with van der Waals surface area (Å²) in [5, 5.41) is 5.58. The number of carbonyl (C=O) groups is 3. The van der Waals surface area contributed by atoms with Crippen LogP contribution in [0.1, 0.15) is 32.3 Å². The number of hydrogen-bond acceptors (Lipinski definition) is 5. The molecule has 2 unspecified atom stereocenters. The van der Waals surface area contributed by atoms with E-state index in [-0.39, 0.29) is 24.3 Å². The van der Waals surface area contributed by atoms with Crippen LogP contribution in [-0.4, -0.2) is 67.6 Å². The molecule has 0 bridgehead atoms. The van der Waals surface area contributed by atoms with Gasteiger partial charge in [0.15, 0.2) is 0 Å². The smallest absolute Gasteiger partial charge is 0.243 e.